The van der Waals surface area contributed by atoms with Crippen LogP contribution in [-0.4, -0.2) is 38.5 Å². The first-order valence-corrected chi connectivity index (χ1v) is 6.84. The lowest BCUT2D eigenvalue weighted by Gasteiger charge is -2.34. The Bertz CT molecular complexity index is 186. The minimum absolute atomic E-state index is 0.423. The first kappa shape index (κ1) is 12.3. The number of nitrogens with one attached hydrogen (secondary N) is 1. The van der Waals surface area contributed by atoms with Crippen LogP contribution in [0.25, 0.3) is 0 Å². The van der Waals surface area contributed by atoms with Gasteiger partial charge in [0.25, 0.3) is 0 Å². The molecular formula is C13H25NO2. The van der Waals surface area contributed by atoms with Crippen molar-refractivity contribution in [1.82, 2.24) is 5.32 Å². The molecule has 0 aromatic heterocycles. The van der Waals surface area contributed by atoms with E-state index in [1.807, 2.05) is 0 Å². The first-order chi connectivity index (χ1) is 7.92. The second-order valence-electron chi connectivity index (χ2n) is 5.01. The van der Waals surface area contributed by atoms with E-state index in [9.17, 15) is 0 Å². The predicted molar refractivity (Wildman–Crippen MR) is 64.6 cm³/mol. The van der Waals surface area contributed by atoms with Gasteiger partial charge in [0.15, 0.2) is 0 Å². The molecule has 0 aromatic rings. The summed E-state index contributed by atoms with van der Waals surface area (Å²) in [6.45, 7) is 6.11. The van der Waals surface area contributed by atoms with E-state index in [-0.39, 0.29) is 0 Å². The van der Waals surface area contributed by atoms with E-state index in [1.165, 1.54) is 32.1 Å². The molecule has 0 amide bonds. The smallest absolute Gasteiger partial charge is 0.0731 e. The van der Waals surface area contributed by atoms with Gasteiger partial charge in [-0.2, -0.15) is 0 Å². The highest BCUT2D eigenvalue weighted by molar-refractivity contribution is 4.87. The van der Waals surface area contributed by atoms with Gasteiger partial charge >= 0.3 is 0 Å². The van der Waals surface area contributed by atoms with Gasteiger partial charge in [-0.15, -0.1) is 0 Å². The van der Waals surface area contributed by atoms with Crippen molar-refractivity contribution in [2.75, 3.05) is 26.4 Å². The minimum Gasteiger partial charge on any atom is -0.381 e. The fraction of sp³-hybridized carbons (Fsp3) is 1.00. The standard InChI is InChI=1S/C13H25NO2/c1-2-7-14-13(11-6-9-15-10-11)12-5-3-4-8-16-12/h11-14H,2-10H2,1H3. The van der Waals surface area contributed by atoms with Gasteiger partial charge in [-0.05, 0) is 38.6 Å². The third-order valence-corrected chi connectivity index (χ3v) is 3.72. The summed E-state index contributed by atoms with van der Waals surface area (Å²) in [7, 11) is 0. The molecule has 3 nitrogen and oxygen atoms in total. The van der Waals surface area contributed by atoms with Gasteiger partial charge in [-0.1, -0.05) is 6.92 Å². The summed E-state index contributed by atoms with van der Waals surface area (Å²) in [6.07, 6.45) is 6.59. The zero-order valence-corrected chi connectivity index (χ0v) is 10.4. The summed E-state index contributed by atoms with van der Waals surface area (Å²) in [5, 5.41) is 3.68. The molecule has 0 saturated carbocycles. The van der Waals surface area contributed by atoms with Crippen molar-refractivity contribution >= 4 is 0 Å². The van der Waals surface area contributed by atoms with Gasteiger partial charge in [0.2, 0.25) is 0 Å². The Kier molecular flexibility index (Phi) is 5.07. The third-order valence-electron chi connectivity index (χ3n) is 3.72. The van der Waals surface area contributed by atoms with Crippen LogP contribution in [0.3, 0.4) is 0 Å². The molecule has 1 N–H and O–H groups in total. The van der Waals surface area contributed by atoms with E-state index in [4.69, 9.17) is 9.47 Å². The number of ether oxygens (including phenoxy) is 2. The molecule has 0 aromatic carbocycles. The van der Waals surface area contributed by atoms with Crippen molar-refractivity contribution < 1.29 is 9.47 Å². The maximum absolute atomic E-state index is 5.93. The van der Waals surface area contributed by atoms with E-state index in [0.717, 1.165) is 26.4 Å². The molecule has 0 radical (unpaired) electrons. The second-order valence-corrected chi connectivity index (χ2v) is 5.01. The van der Waals surface area contributed by atoms with Crippen LogP contribution in [0.5, 0.6) is 0 Å². The maximum Gasteiger partial charge on any atom is 0.0731 e. The van der Waals surface area contributed by atoms with Crippen LogP contribution < -0.4 is 5.32 Å². The molecule has 2 saturated heterocycles. The van der Waals surface area contributed by atoms with Crippen LogP contribution in [0.1, 0.15) is 39.0 Å². The van der Waals surface area contributed by atoms with Crippen molar-refractivity contribution in [1.29, 1.82) is 0 Å². The van der Waals surface area contributed by atoms with Crippen LogP contribution in [-0.2, 0) is 9.47 Å². The predicted octanol–water partition coefficient (Wildman–Crippen LogP) is 1.96. The molecule has 16 heavy (non-hydrogen) atoms. The van der Waals surface area contributed by atoms with E-state index in [2.05, 4.69) is 12.2 Å². The summed E-state index contributed by atoms with van der Waals surface area (Å²) in [6, 6.07) is 0.516. The molecule has 94 valence electrons. The Balaban J connectivity index is 1.89. The molecule has 2 aliphatic heterocycles. The van der Waals surface area contributed by atoms with Crippen LogP contribution in [0, 0.1) is 5.92 Å². The minimum atomic E-state index is 0.423. The van der Waals surface area contributed by atoms with E-state index in [0.29, 0.717) is 18.1 Å². The van der Waals surface area contributed by atoms with Crippen molar-refractivity contribution in [3.8, 4) is 0 Å². The number of rotatable bonds is 5. The monoisotopic (exact) mass is 227 g/mol. The summed E-state index contributed by atoms with van der Waals surface area (Å²) in [5.74, 6) is 0.662. The molecule has 3 heteroatoms. The second kappa shape index (κ2) is 6.58. The molecule has 2 aliphatic rings. The Morgan fingerprint density at radius 1 is 1.25 bits per heavy atom. The average Bonchev–Trinajstić information content (AvgIpc) is 2.85. The van der Waals surface area contributed by atoms with Gasteiger partial charge in [0, 0.05) is 25.2 Å². The van der Waals surface area contributed by atoms with Crippen molar-refractivity contribution in [3.05, 3.63) is 0 Å². The summed E-state index contributed by atoms with van der Waals surface area (Å²) >= 11 is 0. The van der Waals surface area contributed by atoms with Gasteiger partial charge in [0.05, 0.1) is 12.7 Å². The Morgan fingerprint density at radius 2 is 2.19 bits per heavy atom. The summed E-state index contributed by atoms with van der Waals surface area (Å²) in [4.78, 5) is 0. The SMILES string of the molecule is CCCNC(C1CCOC1)C1CCCCO1. The van der Waals surface area contributed by atoms with Crippen LogP contribution in [0.15, 0.2) is 0 Å². The molecule has 0 bridgehead atoms. The maximum atomic E-state index is 5.93. The highest BCUT2D eigenvalue weighted by atomic mass is 16.5. The molecule has 3 unspecified atom stereocenters. The fourth-order valence-electron chi connectivity index (χ4n) is 2.80. The van der Waals surface area contributed by atoms with E-state index >= 15 is 0 Å². The van der Waals surface area contributed by atoms with Crippen molar-refractivity contribution in [2.24, 2.45) is 5.92 Å². The molecule has 3 atom stereocenters. The highest BCUT2D eigenvalue weighted by Gasteiger charge is 2.33. The van der Waals surface area contributed by atoms with Gasteiger partial charge in [-0.25, -0.2) is 0 Å². The Morgan fingerprint density at radius 3 is 2.81 bits per heavy atom. The largest absolute Gasteiger partial charge is 0.381 e. The van der Waals surface area contributed by atoms with Gasteiger partial charge < -0.3 is 14.8 Å². The number of hydrogen-bond donors (Lipinski definition) is 1. The van der Waals surface area contributed by atoms with Crippen LogP contribution in [0.4, 0.5) is 0 Å². The highest BCUT2D eigenvalue weighted by Crippen LogP contribution is 2.25. The molecular weight excluding hydrogens is 202 g/mol. The van der Waals surface area contributed by atoms with E-state index in [1.54, 1.807) is 0 Å². The lowest BCUT2D eigenvalue weighted by atomic mass is 9.90. The lowest BCUT2D eigenvalue weighted by molar-refractivity contribution is -0.0219. The van der Waals surface area contributed by atoms with Crippen molar-refractivity contribution in [2.45, 2.75) is 51.2 Å². The van der Waals surface area contributed by atoms with Crippen LogP contribution in [0.2, 0.25) is 0 Å². The lowest BCUT2D eigenvalue weighted by Crippen LogP contribution is -2.48. The molecule has 2 fully saturated rings. The Hall–Kier alpha value is -0.120. The third kappa shape index (κ3) is 3.19. The van der Waals surface area contributed by atoms with Gasteiger partial charge in [0.1, 0.15) is 0 Å². The molecule has 0 aliphatic carbocycles. The zero-order valence-electron chi connectivity index (χ0n) is 10.4. The first-order valence-electron chi connectivity index (χ1n) is 6.84. The van der Waals surface area contributed by atoms with Crippen LogP contribution >= 0.6 is 0 Å². The fourth-order valence-corrected chi connectivity index (χ4v) is 2.80. The van der Waals surface area contributed by atoms with Gasteiger partial charge in [-0.3, -0.25) is 0 Å². The average molecular weight is 227 g/mol. The molecule has 2 heterocycles. The number of hydrogen-bond acceptors (Lipinski definition) is 3. The Labute approximate surface area is 98.9 Å². The zero-order chi connectivity index (χ0) is 11.2. The normalized spacial score (nSPS) is 32.8. The van der Waals surface area contributed by atoms with E-state index < -0.39 is 0 Å². The molecule has 2 rings (SSSR count). The molecule has 0 spiro atoms. The quantitative estimate of drug-likeness (QED) is 0.779. The summed E-state index contributed by atoms with van der Waals surface area (Å²) < 4.78 is 11.4. The van der Waals surface area contributed by atoms with Crippen molar-refractivity contribution in [3.63, 3.8) is 0 Å². The topological polar surface area (TPSA) is 30.5 Å². The summed E-state index contributed by atoms with van der Waals surface area (Å²) in [5.41, 5.74) is 0.